The highest BCUT2D eigenvalue weighted by atomic mass is 32.1. The van der Waals surface area contributed by atoms with Crippen molar-refractivity contribution in [2.45, 2.75) is 6.10 Å². The van der Waals surface area contributed by atoms with Gasteiger partial charge < -0.3 is 5.11 Å². The maximum absolute atomic E-state index is 10.2. The van der Waals surface area contributed by atoms with Gasteiger partial charge in [0.25, 0.3) is 0 Å². The van der Waals surface area contributed by atoms with Crippen molar-refractivity contribution >= 4 is 11.3 Å². The Hall–Kier alpha value is -1.91. The first kappa shape index (κ1) is 11.2. The molecule has 0 saturated heterocycles. The molecule has 1 atom stereocenters. The number of nitrogens with zero attached hydrogens (tertiary/aromatic N) is 2. The maximum Gasteiger partial charge on any atom is 0.124 e. The second kappa shape index (κ2) is 4.76. The Labute approximate surface area is 109 Å². The molecule has 3 aromatic rings. The number of aliphatic hydroxyl groups excluding tert-OH is 1. The lowest BCUT2D eigenvalue weighted by Crippen LogP contribution is -2.01. The van der Waals surface area contributed by atoms with Crippen molar-refractivity contribution in [3.8, 4) is 5.69 Å². The highest BCUT2D eigenvalue weighted by Crippen LogP contribution is 2.22. The van der Waals surface area contributed by atoms with Gasteiger partial charge in [-0.25, -0.2) is 4.68 Å². The molecule has 1 N–H and O–H groups in total. The zero-order valence-electron chi connectivity index (χ0n) is 9.60. The molecule has 1 unspecified atom stereocenters. The minimum atomic E-state index is -0.652. The fourth-order valence-corrected chi connectivity index (χ4v) is 2.49. The Morgan fingerprint density at radius 2 is 1.94 bits per heavy atom. The molecule has 0 aliphatic rings. The van der Waals surface area contributed by atoms with Crippen molar-refractivity contribution in [2.24, 2.45) is 0 Å². The quantitative estimate of drug-likeness (QED) is 0.782. The summed E-state index contributed by atoms with van der Waals surface area (Å²) in [5.41, 5.74) is 2.54. The predicted octanol–water partition coefficient (Wildman–Crippen LogP) is 3.02. The van der Waals surface area contributed by atoms with Gasteiger partial charge in [-0.15, -0.1) is 0 Å². The van der Waals surface area contributed by atoms with E-state index in [0.29, 0.717) is 5.69 Å². The third-order valence-corrected chi connectivity index (χ3v) is 3.47. The first-order chi connectivity index (χ1) is 8.84. The van der Waals surface area contributed by atoms with Gasteiger partial charge in [0, 0.05) is 6.20 Å². The first-order valence-electron chi connectivity index (χ1n) is 5.66. The molecule has 2 aromatic heterocycles. The van der Waals surface area contributed by atoms with Crippen molar-refractivity contribution in [1.82, 2.24) is 9.78 Å². The number of para-hydroxylation sites is 1. The molecule has 4 heteroatoms. The van der Waals surface area contributed by atoms with Gasteiger partial charge in [-0.1, -0.05) is 18.2 Å². The molecule has 2 heterocycles. The number of aliphatic hydroxyl groups is 1. The topological polar surface area (TPSA) is 38.0 Å². The van der Waals surface area contributed by atoms with Crippen LogP contribution in [0.1, 0.15) is 17.4 Å². The van der Waals surface area contributed by atoms with Gasteiger partial charge in [-0.2, -0.15) is 16.4 Å². The van der Waals surface area contributed by atoms with Gasteiger partial charge in [0.05, 0.1) is 11.4 Å². The van der Waals surface area contributed by atoms with Crippen LogP contribution in [0.25, 0.3) is 5.69 Å². The van der Waals surface area contributed by atoms with E-state index in [1.807, 2.05) is 59.4 Å². The molecule has 3 rings (SSSR count). The van der Waals surface area contributed by atoms with Crippen LogP contribution in [0, 0.1) is 0 Å². The molecule has 0 aliphatic heterocycles. The Kier molecular flexibility index (Phi) is 2.96. The van der Waals surface area contributed by atoms with Gasteiger partial charge in [-0.3, -0.25) is 0 Å². The van der Waals surface area contributed by atoms with Gasteiger partial charge >= 0.3 is 0 Å². The van der Waals surface area contributed by atoms with Crippen molar-refractivity contribution in [3.05, 3.63) is 70.7 Å². The highest BCUT2D eigenvalue weighted by molar-refractivity contribution is 7.07. The summed E-state index contributed by atoms with van der Waals surface area (Å²) in [7, 11) is 0. The van der Waals surface area contributed by atoms with Crippen LogP contribution in [0.4, 0.5) is 0 Å². The molecule has 0 spiro atoms. The molecule has 0 fully saturated rings. The molecule has 0 bridgehead atoms. The second-order valence-corrected chi connectivity index (χ2v) is 4.76. The summed E-state index contributed by atoms with van der Waals surface area (Å²) < 4.78 is 1.77. The van der Waals surface area contributed by atoms with Crippen LogP contribution in [0.15, 0.2) is 59.4 Å². The van der Waals surface area contributed by atoms with Crippen molar-refractivity contribution in [3.63, 3.8) is 0 Å². The van der Waals surface area contributed by atoms with Crippen LogP contribution in [0.3, 0.4) is 0 Å². The van der Waals surface area contributed by atoms with Gasteiger partial charge in [0.1, 0.15) is 6.10 Å². The average Bonchev–Trinajstić information content (AvgIpc) is 3.10. The third-order valence-electron chi connectivity index (χ3n) is 2.77. The molecule has 1 aromatic carbocycles. The number of benzene rings is 1. The lowest BCUT2D eigenvalue weighted by atomic mass is 10.1. The lowest BCUT2D eigenvalue weighted by molar-refractivity contribution is 0.215. The van der Waals surface area contributed by atoms with Crippen LogP contribution >= 0.6 is 11.3 Å². The molecule has 0 aliphatic carbocycles. The smallest absolute Gasteiger partial charge is 0.124 e. The Morgan fingerprint density at radius 1 is 1.11 bits per heavy atom. The van der Waals surface area contributed by atoms with Crippen LogP contribution in [-0.4, -0.2) is 14.9 Å². The number of hydrogen-bond donors (Lipinski definition) is 1. The van der Waals surface area contributed by atoms with Crippen LogP contribution in [-0.2, 0) is 0 Å². The summed E-state index contributed by atoms with van der Waals surface area (Å²) in [6, 6.07) is 13.6. The summed E-state index contributed by atoms with van der Waals surface area (Å²) in [6.45, 7) is 0. The molecule has 0 radical (unpaired) electrons. The Balaban J connectivity index is 1.90. The van der Waals surface area contributed by atoms with E-state index in [4.69, 9.17) is 0 Å². The number of rotatable bonds is 3. The highest BCUT2D eigenvalue weighted by Gasteiger charge is 2.13. The van der Waals surface area contributed by atoms with Crippen molar-refractivity contribution in [1.29, 1.82) is 0 Å². The van der Waals surface area contributed by atoms with E-state index in [1.54, 1.807) is 16.0 Å². The SMILES string of the molecule is OC(c1ccsc1)c1ccn(-c2ccccc2)n1. The van der Waals surface area contributed by atoms with Crippen molar-refractivity contribution in [2.75, 3.05) is 0 Å². The van der Waals surface area contributed by atoms with E-state index in [9.17, 15) is 5.11 Å². The Morgan fingerprint density at radius 3 is 2.67 bits per heavy atom. The monoisotopic (exact) mass is 256 g/mol. The lowest BCUT2D eigenvalue weighted by Gasteiger charge is -2.05. The maximum atomic E-state index is 10.2. The predicted molar refractivity (Wildman–Crippen MR) is 71.9 cm³/mol. The largest absolute Gasteiger partial charge is 0.382 e. The third kappa shape index (κ3) is 2.08. The minimum absolute atomic E-state index is 0.652. The Bertz CT molecular complexity index is 616. The minimum Gasteiger partial charge on any atom is -0.382 e. The van der Waals surface area contributed by atoms with Crippen LogP contribution in [0.5, 0.6) is 0 Å². The van der Waals surface area contributed by atoms with Crippen LogP contribution < -0.4 is 0 Å². The normalized spacial score (nSPS) is 12.5. The molecule has 0 amide bonds. The number of hydrogen-bond acceptors (Lipinski definition) is 3. The van der Waals surface area contributed by atoms with Gasteiger partial charge in [-0.05, 0) is 40.6 Å². The summed E-state index contributed by atoms with van der Waals surface area (Å²) in [6.07, 6.45) is 1.21. The first-order valence-corrected chi connectivity index (χ1v) is 6.60. The van der Waals surface area contributed by atoms with E-state index in [0.717, 1.165) is 11.3 Å². The molecular weight excluding hydrogens is 244 g/mol. The molecule has 0 saturated carbocycles. The van der Waals surface area contributed by atoms with Crippen LogP contribution in [0.2, 0.25) is 0 Å². The van der Waals surface area contributed by atoms with Gasteiger partial charge in [0.2, 0.25) is 0 Å². The fraction of sp³-hybridized carbons (Fsp3) is 0.0714. The number of thiophene rings is 1. The fourth-order valence-electron chi connectivity index (χ4n) is 1.81. The standard InChI is InChI=1S/C14H12N2OS/c17-14(11-7-9-18-10-11)13-6-8-16(15-13)12-4-2-1-3-5-12/h1-10,14,17H. The van der Waals surface area contributed by atoms with E-state index < -0.39 is 6.10 Å². The van der Waals surface area contributed by atoms with E-state index >= 15 is 0 Å². The average molecular weight is 256 g/mol. The summed E-state index contributed by atoms with van der Waals surface area (Å²) in [5, 5.41) is 18.5. The summed E-state index contributed by atoms with van der Waals surface area (Å²) in [5.74, 6) is 0. The molecule has 18 heavy (non-hydrogen) atoms. The molecular formula is C14H12N2OS. The summed E-state index contributed by atoms with van der Waals surface area (Å²) >= 11 is 1.57. The van der Waals surface area contributed by atoms with E-state index in [1.165, 1.54) is 0 Å². The zero-order chi connectivity index (χ0) is 12.4. The molecule has 90 valence electrons. The summed E-state index contributed by atoms with van der Waals surface area (Å²) in [4.78, 5) is 0. The van der Waals surface area contributed by atoms with Gasteiger partial charge in [0.15, 0.2) is 0 Å². The second-order valence-electron chi connectivity index (χ2n) is 3.98. The van der Waals surface area contributed by atoms with E-state index in [-0.39, 0.29) is 0 Å². The number of aromatic nitrogens is 2. The van der Waals surface area contributed by atoms with E-state index in [2.05, 4.69) is 5.10 Å². The zero-order valence-corrected chi connectivity index (χ0v) is 10.4. The molecule has 3 nitrogen and oxygen atoms in total. The van der Waals surface area contributed by atoms with Crippen molar-refractivity contribution < 1.29 is 5.11 Å².